The second kappa shape index (κ2) is 4.58. The molecule has 1 rings (SSSR count). The minimum absolute atomic E-state index is 0.299. The Labute approximate surface area is 89.3 Å². The van der Waals surface area contributed by atoms with Crippen LogP contribution in [0, 0.1) is 0 Å². The quantitative estimate of drug-likeness (QED) is 0.617. The first-order valence-corrected chi connectivity index (χ1v) is 5.60. The van der Waals surface area contributed by atoms with Crippen LogP contribution in [-0.4, -0.2) is 18.4 Å². The van der Waals surface area contributed by atoms with Gasteiger partial charge in [0.15, 0.2) is 0 Å². The number of hydrogen-bond acceptors (Lipinski definition) is 3. The van der Waals surface area contributed by atoms with Crippen molar-refractivity contribution >= 4 is 38.8 Å². The number of esters is 1. The van der Waals surface area contributed by atoms with Crippen molar-refractivity contribution < 1.29 is 9.53 Å². The summed E-state index contributed by atoms with van der Waals surface area (Å²) < 4.78 is 4.64. The zero-order valence-electron chi connectivity index (χ0n) is 7.17. The summed E-state index contributed by atoms with van der Waals surface area (Å²) in [5.41, 5.74) is 1.76. The topological polar surface area (TPSA) is 26.3 Å². The molecule has 0 spiro atoms. The Balaban J connectivity index is 3.02. The van der Waals surface area contributed by atoms with E-state index < -0.39 is 0 Å². The lowest BCUT2D eigenvalue weighted by Crippen LogP contribution is -2.01. The zero-order valence-corrected chi connectivity index (χ0v) is 9.57. The first-order valence-electron chi connectivity index (χ1n) is 3.60. The van der Waals surface area contributed by atoms with Crippen LogP contribution >= 0.6 is 27.3 Å². The maximum atomic E-state index is 11.2. The monoisotopic (exact) mass is 260 g/mol. The van der Waals surface area contributed by atoms with Crippen molar-refractivity contribution in [2.75, 3.05) is 12.4 Å². The lowest BCUT2D eigenvalue weighted by Gasteiger charge is -2.01. The summed E-state index contributed by atoms with van der Waals surface area (Å²) in [6, 6.07) is 1.88. The van der Waals surface area contributed by atoms with Crippen molar-refractivity contribution in [3.05, 3.63) is 28.5 Å². The SMILES string of the molecule is C=C(CBr)c1ccsc1C(=O)OC. The van der Waals surface area contributed by atoms with E-state index in [4.69, 9.17) is 0 Å². The van der Waals surface area contributed by atoms with Crippen LogP contribution < -0.4 is 0 Å². The Morgan fingerprint density at radius 1 is 1.77 bits per heavy atom. The first kappa shape index (κ1) is 10.5. The van der Waals surface area contributed by atoms with Gasteiger partial charge in [-0.2, -0.15) is 0 Å². The van der Waals surface area contributed by atoms with E-state index in [1.165, 1.54) is 18.4 Å². The fourth-order valence-corrected chi connectivity index (χ4v) is 2.07. The highest BCUT2D eigenvalue weighted by Gasteiger charge is 2.14. The molecule has 0 unspecified atom stereocenters. The molecule has 1 aromatic rings. The molecule has 13 heavy (non-hydrogen) atoms. The lowest BCUT2D eigenvalue weighted by molar-refractivity contribution is 0.0606. The summed E-state index contributed by atoms with van der Waals surface area (Å²) in [4.78, 5) is 11.9. The number of rotatable bonds is 3. The van der Waals surface area contributed by atoms with E-state index in [9.17, 15) is 4.79 Å². The van der Waals surface area contributed by atoms with Crippen molar-refractivity contribution in [3.8, 4) is 0 Å². The number of hydrogen-bond donors (Lipinski definition) is 0. The van der Waals surface area contributed by atoms with Gasteiger partial charge in [0.2, 0.25) is 0 Å². The average Bonchev–Trinajstić information content (AvgIpc) is 2.63. The molecule has 1 heterocycles. The number of methoxy groups -OCH3 is 1. The van der Waals surface area contributed by atoms with E-state index in [1.54, 1.807) is 0 Å². The molecule has 0 saturated carbocycles. The smallest absolute Gasteiger partial charge is 0.348 e. The Bertz CT molecular complexity index is 300. The van der Waals surface area contributed by atoms with Gasteiger partial charge in [-0.05, 0) is 17.0 Å². The van der Waals surface area contributed by atoms with Crippen molar-refractivity contribution in [1.82, 2.24) is 0 Å². The molecule has 0 aliphatic carbocycles. The Hall–Kier alpha value is -0.610. The third kappa shape index (κ3) is 2.19. The number of carbonyl (C=O) groups excluding carboxylic acids is 1. The Kier molecular flexibility index (Phi) is 3.69. The minimum Gasteiger partial charge on any atom is -0.465 e. The van der Waals surface area contributed by atoms with Crippen LogP contribution in [0.5, 0.6) is 0 Å². The van der Waals surface area contributed by atoms with Crippen LogP contribution in [0.3, 0.4) is 0 Å². The lowest BCUT2D eigenvalue weighted by atomic mass is 10.1. The van der Waals surface area contributed by atoms with Crippen LogP contribution in [0.15, 0.2) is 18.0 Å². The number of carbonyl (C=O) groups is 1. The summed E-state index contributed by atoms with van der Waals surface area (Å²) in [6.07, 6.45) is 0. The van der Waals surface area contributed by atoms with Gasteiger partial charge in [0.25, 0.3) is 0 Å². The normalized spacial score (nSPS) is 9.69. The van der Waals surface area contributed by atoms with Gasteiger partial charge in [-0.3, -0.25) is 0 Å². The predicted octanol–water partition coefficient (Wildman–Crippen LogP) is 2.94. The molecule has 0 amide bonds. The summed E-state index contributed by atoms with van der Waals surface area (Å²) in [6.45, 7) is 3.85. The second-order valence-electron chi connectivity index (χ2n) is 2.39. The van der Waals surface area contributed by atoms with Gasteiger partial charge in [0, 0.05) is 10.9 Å². The number of thiophene rings is 1. The third-order valence-corrected chi connectivity index (χ3v) is 3.15. The van der Waals surface area contributed by atoms with E-state index in [-0.39, 0.29) is 5.97 Å². The van der Waals surface area contributed by atoms with Crippen LogP contribution in [-0.2, 0) is 4.74 Å². The molecule has 0 radical (unpaired) electrons. The molecule has 4 heteroatoms. The van der Waals surface area contributed by atoms with Gasteiger partial charge in [0.1, 0.15) is 4.88 Å². The largest absolute Gasteiger partial charge is 0.465 e. The highest BCUT2D eigenvalue weighted by atomic mass is 79.9. The summed E-state index contributed by atoms with van der Waals surface area (Å²) in [7, 11) is 1.38. The molecule has 70 valence electrons. The summed E-state index contributed by atoms with van der Waals surface area (Å²) in [5.74, 6) is -0.299. The summed E-state index contributed by atoms with van der Waals surface area (Å²) in [5, 5.41) is 2.52. The van der Waals surface area contributed by atoms with E-state index in [1.807, 2.05) is 11.4 Å². The third-order valence-electron chi connectivity index (χ3n) is 1.58. The second-order valence-corrected chi connectivity index (χ2v) is 3.87. The fourth-order valence-electron chi connectivity index (χ4n) is 0.910. The van der Waals surface area contributed by atoms with E-state index in [0.29, 0.717) is 10.2 Å². The Morgan fingerprint density at radius 2 is 2.46 bits per heavy atom. The van der Waals surface area contributed by atoms with E-state index in [2.05, 4.69) is 27.2 Å². The fraction of sp³-hybridized carbons (Fsp3) is 0.222. The first-order chi connectivity index (χ1) is 6.20. The zero-order chi connectivity index (χ0) is 9.84. The van der Waals surface area contributed by atoms with Crippen molar-refractivity contribution in [2.45, 2.75) is 0 Å². The molecule has 0 bridgehead atoms. The predicted molar refractivity (Wildman–Crippen MR) is 58.5 cm³/mol. The van der Waals surface area contributed by atoms with Gasteiger partial charge < -0.3 is 4.74 Å². The molecule has 0 aliphatic heterocycles. The van der Waals surface area contributed by atoms with Crippen molar-refractivity contribution in [2.24, 2.45) is 0 Å². The number of alkyl halides is 1. The highest BCUT2D eigenvalue weighted by Crippen LogP contribution is 2.25. The molecule has 0 aliphatic rings. The van der Waals surface area contributed by atoms with Crippen LogP contribution in [0.4, 0.5) is 0 Å². The van der Waals surface area contributed by atoms with E-state index >= 15 is 0 Å². The maximum Gasteiger partial charge on any atom is 0.348 e. The maximum absolute atomic E-state index is 11.2. The molecule has 0 saturated heterocycles. The molecule has 0 N–H and O–H groups in total. The number of ether oxygens (including phenoxy) is 1. The highest BCUT2D eigenvalue weighted by molar-refractivity contribution is 9.09. The van der Waals surface area contributed by atoms with Crippen LogP contribution in [0.25, 0.3) is 5.57 Å². The minimum atomic E-state index is -0.299. The molecule has 0 fully saturated rings. The van der Waals surface area contributed by atoms with Gasteiger partial charge >= 0.3 is 5.97 Å². The standard InChI is InChI=1S/C9H9BrO2S/c1-6(5-10)7-3-4-13-8(7)9(11)12-2/h3-4H,1,5H2,2H3. The van der Waals surface area contributed by atoms with E-state index in [0.717, 1.165) is 11.1 Å². The molecule has 0 aromatic carbocycles. The van der Waals surface area contributed by atoms with Crippen molar-refractivity contribution in [1.29, 1.82) is 0 Å². The molecule has 1 aromatic heterocycles. The van der Waals surface area contributed by atoms with Crippen LogP contribution in [0.1, 0.15) is 15.2 Å². The number of halogens is 1. The van der Waals surface area contributed by atoms with Crippen LogP contribution in [0.2, 0.25) is 0 Å². The molecular formula is C9H9BrO2S. The van der Waals surface area contributed by atoms with Gasteiger partial charge in [-0.1, -0.05) is 22.5 Å². The van der Waals surface area contributed by atoms with Gasteiger partial charge in [0.05, 0.1) is 7.11 Å². The van der Waals surface area contributed by atoms with Gasteiger partial charge in [-0.15, -0.1) is 11.3 Å². The van der Waals surface area contributed by atoms with Crippen molar-refractivity contribution in [3.63, 3.8) is 0 Å². The molecule has 2 nitrogen and oxygen atoms in total. The Morgan fingerprint density at radius 3 is 3.00 bits per heavy atom. The van der Waals surface area contributed by atoms with Gasteiger partial charge in [-0.25, -0.2) is 4.79 Å². The summed E-state index contributed by atoms with van der Waals surface area (Å²) >= 11 is 4.66. The molecule has 0 atom stereocenters. The average molecular weight is 261 g/mol. The molecular weight excluding hydrogens is 252 g/mol. The number of allylic oxidation sites excluding steroid dienone is 1.